The fourth-order valence-electron chi connectivity index (χ4n) is 0.368. The summed E-state index contributed by atoms with van der Waals surface area (Å²) in [6.45, 7) is 3.64. The summed E-state index contributed by atoms with van der Waals surface area (Å²) in [7, 11) is 0. The summed E-state index contributed by atoms with van der Waals surface area (Å²) in [5.41, 5.74) is 0. The van der Waals surface area contributed by atoms with E-state index in [1.165, 1.54) is 0 Å². The van der Waals surface area contributed by atoms with Crippen molar-refractivity contribution in [1.82, 2.24) is 0 Å². The molecule has 0 saturated heterocycles. The summed E-state index contributed by atoms with van der Waals surface area (Å²) in [4.78, 5) is 9.76. The maximum atomic E-state index is 9.76. The van der Waals surface area contributed by atoms with Crippen LogP contribution in [0.3, 0.4) is 0 Å². The van der Waals surface area contributed by atoms with Crippen LogP contribution in [0.4, 0.5) is 0 Å². The maximum absolute atomic E-state index is 9.76. The SMILES string of the molecule is CC(C)OC(Cl)OCC=O. The monoisotopic (exact) mass is 166 g/mol. The van der Waals surface area contributed by atoms with Gasteiger partial charge in [-0.2, -0.15) is 0 Å². The van der Waals surface area contributed by atoms with Gasteiger partial charge in [0.05, 0.1) is 6.10 Å². The Labute approximate surface area is 65.3 Å². The van der Waals surface area contributed by atoms with E-state index in [1.807, 2.05) is 13.8 Å². The van der Waals surface area contributed by atoms with Crippen molar-refractivity contribution in [3.05, 3.63) is 0 Å². The third-order valence-corrected chi connectivity index (χ3v) is 0.903. The number of halogens is 1. The summed E-state index contributed by atoms with van der Waals surface area (Å²) < 4.78 is 9.61. The van der Waals surface area contributed by atoms with Crippen LogP contribution in [0.15, 0.2) is 0 Å². The minimum Gasteiger partial charge on any atom is -0.337 e. The highest BCUT2D eigenvalue weighted by molar-refractivity contribution is 6.18. The number of alkyl halides is 1. The van der Waals surface area contributed by atoms with Gasteiger partial charge in [0.2, 0.25) is 5.75 Å². The van der Waals surface area contributed by atoms with Crippen LogP contribution in [0.1, 0.15) is 13.8 Å². The van der Waals surface area contributed by atoms with Gasteiger partial charge in [-0.05, 0) is 13.8 Å². The van der Waals surface area contributed by atoms with Crippen molar-refractivity contribution in [3.8, 4) is 0 Å². The molecule has 0 spiro atoms. The Morgan fingerprint density at radius 3 is 2.60 bits per heavy atom. The standard InChI is InChI=1S/C6H11ClO3/c1-5(2)10-6(7)9-4-3-8/h3,5-6H,4H2,1-2H3. The van der Waals surface area contributed by atoms with E-state index in [0.29, 0.717) is 6.29 Å². The lowest BCUT2D eigenvalue weighted by molar-refractivity contribution is -0.131. The molecular weight excluding hydrogens is 156 g/mol. The van der Waals surface area contributed by atoms with E-state index in [1.54, 1.807) is 0 Å². The molecular formula is C6H11ClO3. The fraction of sp³-hybridized carbons (Fsp3) is 0.833. The van der Waals surface area contributed by atoms with Crippen LogP contribution < -0.4 is 0 Å². The predicted molar refractivity (Wildman–Crippen MR) is 37.9 cm³/mol. The molecule has 3 nitrogen and oxygen atoms in total. The van der Waals surface area contributed by atoms with Crippen molar-refractivity contribution in [2.75, 3.05) is 6.61 Å². The van der Waals surface area contributed by atoms with E-state index >= 15 is 0 Å². The summed E-state index contributed by atoms with van der Waals surface area (Å²) in [6, 6.07) is 0. The zero-order valence-corrected chi connectivity index (χ0v) is 6.80. The smallest absolute Gasteiger partial charge is 0.237 e. The van der Waals surface area contributed by atoms with Crippen molar-refractivity contribution in [1.29, 1.82) is 0 Å². The molecule has 60 valence electrons. The summed E-state index contributed by atoms with van der Waals surface area (Å²) in [5.74, 6) is -0.815. The molecule has 0 radical (unpaired) electrons. The molecule has 0 rings (SSSR count). The Kier molecular flexibility index (Phi) is 5.58. The molecule has 1 unspecified atom stereocenters. The Balaban J connectivity index is 3.24. The topological polar surface area (TPSA) is 35.5 Å². The number of ether oxygens (including phenoxy) is 2. The first-order chi connectivity index (χ1) is 4.66. The molecule has 0 bridgehead atoms. The van der Waals surface area contributed by atoms with Crippen molar-refractivity contribution >= 4 is 17.9 Å². The molecule has 1 atom stereocenters. The minimum atomic E-state index is -0.815. The maximum Gasteiger partial charge on any atom is 0.237 e. The first-order valence-electron chi connectivity index (χ1n) is 3.01. The first-order valence-corrected chi connectivity index (χ1v) is 3.45. The van der Waals surface area contributed by atoms with Crippen molar-refractivity contribution in [3.63, 3.8) is 0 Å². The van der Waals surface area contributed by atoms with Gasteiger partial charge in [0.1, 0.15) is 12.9 Å². The molecule has 10 heavy (non-hydrogen) atoms. The lowest BCUT2D eigenvalue weighted by Crippen LogP contribution is -2.16. The average molecular weight is 167 g/mol. The van der Waals surface area contributed by atoms with E-state index in [4.69, 9.17) is 16.3 Å². The molecule has 0 aliphatic carbocycles. The molecule has 0 aliphatic heterocycles. The largest absolute Gasteiger partial charge is 0.337 e. The molecule has 0 aromatic heterocycles. The van der Waals surface area contributed by atoms with Gasteiger partial charge in [0.25, 0.3) is 0 Å². The van der Waals surface area contributed by atoms with Gasteiger partial charge in [0.15, 0.2) is 0 Å². The van der Waals surface area contributed by atoms with E-state index in [9.17, 15) is 4.79 Å². The summed E-state index contributed by atoms with van der Waals surface area (Å²) in [6.07, 6.45) is 0.633. The zero-order chi connectivity index (χ0) is 7.98. The second kappa shape index (κ2) is 5.65. The molecule has 0 N–H and O–H groups in total. The Morgan fingerprint density at radius 2 is 2.20 bits per heavy atom. The third-order valence-electron chi connectivity index (χ3n) is 0.674. The van der Waals surface area contributed by atoms with Gasteiger partial charge in [0, 0.05) is 0 Å². The van der Waals surface area contributed by atoms with Gasteiger partial charge < -0.3 is 14.3 Å². The fourth-order valence-corrected chi connectivity index (χ4v) is 0.647. The molecule has 0 heterocycles. The van der Waals surface area contributed by atoms with Crippen LogP contribution in [-0.2, 0) is 14.3 Å². The highest BCUT2D eigenvalue weighted by Gasteiger charge is 2.05. The van der Waals surface area contributed by atoms with Gasteiger partial charge in [-0.1, -0.05) is 11.6 Å². The van der Waals surface area contributed by atoms with Gasteiger partial charge in [-0.3, -0.25) is 0 Å². The molecule has 0 fully saturated rings. The lowest BCUT2D eigenvalue weighted by atomic mass is 10.5. The first kappa shape index (κ1) is 9.88. The highest BCUT2D eigenvalue weighted by atomic mass is 35.5. The van der Waals surface area contributed by atoms with Crippen molar-refractivity contribution in [2.45, 2.75) is 25.7 Å². The van der Waals surface area contributed by atoms with Crippen molar-refractivity contribution in [2.24, 2.45) is 0 Å². The quantitative estimate of drug-likeness (QED) is 0.349. The number of carbonyl (C=O) groups is 1. The molecule has 4 heteroatoms. The number of hydrogen-bond acceptors (Lipinski definition) is 3. The normalized spacial score (nSPS) is 13.6. The van der Waals surface area contributed by atoms with Crippen LogP contribution in [0.5, 0.6) is 0 Å². The predicted octanol–water partition coefficient (Wildman–Crippen LogP) is 1.15. The highest BCUT2D eigenvalue weighted by Crippen LogP contribution is 2.03. The number of rotatable bonds is 5. The van der Waals surface area contributed by atoms with Crippen molar-refractivity contribution < 1.29 is 14.3 Å². The summed E-state index contributed by atoms with van der Waals surface area (Å²) in [5, 5.41) is 0. The molecule has 0 aliphatic rings. The Morgan fingerprint density at radius 1 is 1.60 bits per heavy atom. The third kappa shape index (κ3) is 6.01. The van der Waals surface area contributed by atoms with Crippen LogP contribution in [0.25, 0.3) is 0 Å². The van der Waals surface area contributed by atoms with Gasteiger partial charge >= 0.3 is 0 Å². The molecule has 0 aromatic carbocycles. The molecule has 0 amide bonds. The van der Waals surface area contributed by atoms with Crippen LogP contribution in [-0.4, -0.2) is 24.7 Å². The van der Waals surface area contributed by atoms with Crippen LogP contribution in [0, 0.1) is 0 Å². The van der Waals surface area contributed by atoms with E-state index < -0.39 is 5.75 Å². The van der Waals surface area contributed by atoms with Crippen LogP contribution >= 0.6 is 11.6 Å². The van der Waals surface area contributed by atoms with Gasteiger partial charge in [-0.15, -0.1) is 0 Å². The van der Waals surface area contributed by atoms with Crippen LogP contribution in [0.2, 0.25) is 0 Å². The second-order valence-corrected chi connectivity index (χ2v) is 2.32. The van der Waals surface area contributed by atoms with E-state index in [2.05, 4.69) is 4.74 Å². The number of carbonyl (C=O) groups excluding carboxylic acids is 1. The van der Waals surface area contributed by atoms with E-state index in [0.717, 1.165) is 0 Å². The minimum absolute atomic E-state index is 0.00847. The summed E-state index contributed by atoms with van der Waals surface area (Å²) >= 11 is 5.45. The Hall–Kier alpha value is -0.120. The zero-order valence-electron chi connectivity index (χ0n) is 6.04. The number of hydrogen-bond donors (Lipinski definition) is 0. The number of aldehydes is 1. The molecule has 0 aromatic rings. The van der Waals surface area contributed by atoms with E-state index in [-0.39, 0.29) is 12.7 Å². The lowest BCUT2D eigenvalue weighted by Gasteiger charge is -2.12. The second-order valence-electron chi connectivity index (χ2n) is 1.96. The van der Waals surface area contributed by atoms with Gasteiger partial charge in [-0.25, -0.2) is 0 Å². The molecule has 0 saturated carbocycles. The average Bonchev–Trinajstić information content (AvgIpc) is 1.82. The Bertz CT molecular complexity index is 95.0.